The molecule has 0 saturated carbocycles. The molecule has 0 aliphatic carbocycles. The van der Waals surface area contributed by atoms with E-state index in [-0.39, 0.29) is 17.2 Å². The molecule has 0 unspecified atom stereocenters. The lowest BCUT2D eigenvalue weighted by molar-refractivity contribution is 0.408. The molecule has 0 heterocycles. The van der Waals surface area contributed by atoms with Crippen LogP contribution in [-0.2, 0) is 0 Å². The quantitative estimate of drug-likeness (QED) is 0.474. The lowest BCUT2D eigenvalue weighted by Gasteiger charge is -2.04. The van der Waals surface area contributed by atoms with E-state index in [1.54, 1.807) is 24.3 Å². The first-order valence-corrected chi connectivity index (χ1v) is 3.85. The van der Waals surface area contributed by atoms with Crippen molar-refractivity contribution in [2.24, 2.45) is 0 Å². The van der Waals surface area contributed by atoms with E-state index >= 15 is 0 Å². The number of phenols is 2. The molecule has 0 aromatic heterocycles. The number of phenolic OH excluding ortho intramolecular Hbond substituents is 2. The minimum atomic E-state index is -0.247. The van der Waals surface area contributed by atoms with Gasteiger partial charge in [-0.3, -0.25) is 0 Å². The zero-order chi connectivity index (χ0) is 9.42. The number of nitrogens with one attached hydrogen (secondary N) is 1. The predicted octanol–water partition coefficient (Wildman–Crippen LogP) is 2.17. The lowest BCUT2D eigenvalue weighted by Crippen LogP contribution is -1.78. The van der Waals surface area contributed by atoms with Crippen molar-refractivity contribution >= 4 is 16.5 Å². The van der Waals surface area contributed by atoms with Crippen LogP contribution in [0.15, 0.2) is 30.3 Å². The lowest BCUT2D eigenvalue weighted by atomic mass is 10.1. The van der Waals surface area contributed by atoms with Gasteiger partial charge in [0, 0.05) is 16.8 Å². The molecule has 13 heavy (non-hydrogen) atoms. The van der Waals surface area contributed by atoms with Crippen LogP contribution >= 0.6 is 0 Å². The molecule has 0 bridgehead atoms. The average molecular weight is 174 g/mol. The fourth-order valence-corrected chi connectivity index (χ4v) is 1.35. The normalized spacial score (nSPS) is 10.5. The Labute approximate surface area is 75.0 Å². The van der Waals surface area contributed by atoms with Gasteiger partial charge in [0.05, 0.1) is 5.69 Å². The van der Waals surface area contributed by atoms with E-state index in [4.69, 9.17) is 5.73 Å². The van der Waals surface area contributed by atoms with Gasteiger partial charge in [-0.15, -0.1) is 0 Å². The number of fused-ring (bicyclic) bond motifs is 1. The van der Waals surface area contributed by atoms with Gasteiger partial charge in [-0.05, 0) is 0 Å². The van der Waals surface area contributed by atoms with E-state index in [9.17, 15) is 10.2 Å². The van der Waals surface area contributed by atoms with Crippen LogP contribution in [-0.4, -0.2) is 10.2 Å². The first-order chi connectivity index (χ1) is 6.20. The Morgan fingerprint density at radius 2 is 1.62 bits per heavy atom. The summed E-state index contributed by atoms with van der Waals surface area (Å²) < 4.78 is 0. The smallest absolute Gasteiger partial charge is 0.165 e. The minimum Gasteiger partial charge on any atom is -0.504 e. The third-order valence-corrected chi connectivity index (χ3v) is 2.00. The largest absolute Gasteiger partial charge is 0.504 e. The molecule has 3 nitrogen and oxygen atoms in total. The molecule has 2 aromatic carbocycles. The van der Waals surface area contributed by atoms with E-state index < -0.39 is 0 Å². The van der Waals surface area contributed by atoms with Gasteiger partial charge < -0.3 is 15.9 Å². The first kappa shape index (κ1) is 7.73. The van der Waals surface area contributed by atoms with Crippen LogP contribution in [0.3, 0.4) is 0 Å². The van der Waals surface area contributed by atoms with Crippen LogP contribution in [0.25, 0.3) is 10.8 Å². The Kier molecular flexibility index (Phi) is 1.52. The molecular formula is C10H8NO2. The number of hydrogen-bond donors (Lipinski definition) is 2. The fraction of sp³-hybridized carbons (Fsp3) is 0. The second-order valence-electron chi connectivity index (χ2n) is 2.84. The van der Waals surface area contributed by atoms with Gasteiger partial charge in [0.2, 0.25) is 0 Å². The molecule has 0 fully saturated rings. The monoisotopic (exact) mass is 174 g/mol. The van der Waals surface area contributed by atoms with E-state index in [1.807, 2.05) is 0 Å². The molecule has 3 N–H and O–H groups in total. The summed E-state index contributed by atoms with van der Waals surface area (Å²) in [5, 5.41) is 19.8. The molecule has 2 aromatic rings. The highest BCUT2D eigenvalue weighted by Crippen LogP contribution is 2.37. The van der Waals surface area contributed by atoms with Crippen LogP contribution in [0.2, 0.25) is 0 Å². The number of aromatic hydroxyl groups is 2. The van der Waals surface area contributed by atoms with Crippen molar-refractivity contribution in [3.8, 4) is 11.5 Å². The van der Waals surface area contributed by atoms with Gasteiger partial charge >= 0.3 is 0 Å². The standard InChI is InChI=1S/C10H8NO2/c11-8-5-9(12)10(13)7-4-2-1-3-6(7)8/h1-5,11-13H. The summed E-state index contributed by atoms with van der Waals surface area (Å²) in [4.78, 5) is 0. The molecule has 65 valence electrons. The Balaban J connectivity index is 2.97. The Hall–Kier alpha value is -1.90. The van der Waals surface area contributed by atoms with E-state index in [2.05, 4.69) is 0 Å². The van der Waals surface area contributed by atoms with E-state index in [0.29, 0.717) is 10.8 Å². The molecule has 0 saturated heterocycles. The van der Waals surface area contributed by atoms with Gasteiger partial charge in [0.25, 0.3) is 0 Å². The summed E-state index contributed by atoms with van der Waals surface area (Å²) >= 11 is 0. The highest BCUT2D eigenvalue weighted by molar-refractivity contribution is 5.97. The van der Waals surface area contributed by atoms with Crippen molar-refractivity contribution in [3.05, 3.63) is 30.3 Å². The summed E-state index contributed by atoms with van der Waals surface area (Å²) in [5.74, 6) is -0.407. The third kappa shape index (κ3) is 1.05. The second kappa shape index (κ2) is 2.55. The Bertz CT molecular complexity index is 466. The first-order valence-electron chi connectivity index (χ1n) is 3.85. The maximum atomic E-state index is 9.45. The Morgan fingerprint density at radius 3 is 2.31 bits per heavy atom. The SMILES string of the molecule is [NH]c1cc(O)c(O)c2ccccc12. The van der Waals surface area contributed by atoms with Gasteiger partial charge in [0.15, 0.2) is 11.5 Å². The number of rotatable bonds is 0. The average Bonchev–Trinajstić information content (AvgIpc) is 2.15. The number of hydrogen-bond acceptors (Lipinski definition) is 2. The summed E-state index contributed by atoms with van der Waals surface area (Å²) in [6.45, 7) is 0. The van der Waals surface area contributed by atoms with Gasteiger partial charge in [0.1, 0.15) is 0 Å². The van der Waals surface area contributed by atoms with Crippen molar-refractivity contribution in [2.45, 2.75) is 0 Å². The van der Waals surface area contributed by atoms with Crippen molar-refractivity contribution in [1.29, 1.82) is 0 Å². The second-order valence-corrected chi connectivity index (χ2v) is 2.84. The van der Waals surface area contributed by atoms with Crippen molar-refractivity contribution < 1.29 is 10.2 Å². The van der Waals surface area contributed by atoms with Crippen LogP contribution in [0.1, 0.15) is 0 Å². The van der Waals surface area contributed by atoms with Crippen molar-refractivity contribution in [1.82, 2.24) is 5.73 Å². The van der Waals surface area contributed by atoms with E-state index in [0.717, 1.165) is 0 Å². The summed E-state index contributed by atoms with van der Waals surface area (Å²) in [7, 11) is 0. The summed E-state index contributed by atoms with van der Waals surface area (Å²) in [6.07, 6.45) is 0. The van der Waals surface area contributed by atoms with E-state index in [1.165, 1.54) is 6.07 Å². The van der Waals surface area contributed by atoms with Crippen LogP contribution in [0.5, 0.6) is 11.5 Å². The highest BCUT2D eigenvalue weighted by Gasteiger charge is 2.07. The van der Waals surface area contributed by atoms with Crippen LogP contribution < -0.4 is 5.73 Å². The van der Waals surface area contributed by atoms with Gasteiger partial charge in [-0.1, -0.05) is 24.3 Å². The van der Waals surface area contributed by atoms with Crippen molar-refractivity contribution in [2.75, 3.05) is 0 Å². The maximum absolute atomic E-state index is 9.45. The molecule has 0 aliphatic rings. The minimum absolute atomic E-state index is 0.161. The molecule has 0 spiro atoms. The Morgan fingerprint density at radius 1 is 1.00 bits per heavy atom. The molecule has 2 rings (SSSR count). The molecule has 3 heteroatoms. The van der Waals surface area contributed by atoms with Crippen LogP contribution in [0, 0.1) is 0 Å². The maximum Gasteiger partial charge on any atom is 0.165 e. The zero-order valence-electron chi connectivity index (χ0n) is 6.78. The van der Waals surface area contributed by atoms with Crippen LogP contribution in [0.4, 0.5) is 5.69 Å². The zero-order valence-corrected chi connectivity index (χ0v) is 6.78. The molecule has 0 amide bonds. The van der Waals surface area contributed by atoms with Crippen molar-refractivity contribution in [3.63, 3.8) is 0 Å². The fourth-order valence-electron chi connectivity index (χ4n) is 1.35. The molecular weight excluding hydrogens is 166 g/mol. The highest BCUT2D eigenvalue weighted by atomic mass is 16.3. The van der Waals surface area contributed by atoms with Gasteiger partial charge in [-0.25, -0.2) is 0 Å². The third-order valence-electron chi connectivity index (χ3n) is 2.00. The molecule has 0 atom stereocenters. The van der Waals surface area contributed by atoms with Gasteiger partial charge in [-0.2, -0.15) is 0 Å². The molecule has 0 aliphatic heterocycles. The topological polar surface area (TPSA) is 64.3 Å². The summed E-state index contributed by atoms with van der Waals surface area (Å²) in [6, 6.07) is 8.18. The number of benzene rings is 2. The predicted molar refractivity (Wildman–Crippen MR) is 50.0 cm³/mol. The molecule has 1 radical (unpaired) electrons. The summed E-state index contributed by atoms with van der Waals surface area (Å²) in [5.41, 5.74) is 7.74.